The van der Waals surface area contributed by atoms with Crippen LogP contribution in [0.25, 0.3) is 0 Å². The van der Waals surface area contributed by atoms with Gasteiger partial charge in [-0.3, -0.25) is 14.5 Å². The Morgan fingerprint density at radius 2 is 1.78 bits per heavy atom. The molecule has 1 N–H and O–H groups in total. The van der Waals surface area contributed by atoms with Gasteiger partial charge in [-0.1, -0.05) is 11.6 Å². The smallest absolute Gasteiger partial charge is 0.324 e. The van der Waals surface area contributed by atoms with E-state index in [1.54, 1.807) is 0 Å². The molecule has 11 heteroatoms. The summed E-state index contributed by atoms with van der Waals surface area (Å²) in [6.45, 7) is -8.39. The summed E-state index contributed by atoms with van der Waals surface area (Å²) in [7, 11) is 0. The van der Waals surface area contributed by atoms with Crippen LogP contribution in [0.15, 0.2) is 42.5 Å². The first-order chi connectivity index (χ1) is 21.1. The van der Waals surface area contributed by atoms with Gasteiger partial charge in [-0.2, -0.15) is 4.58 Å². The lowest BCUT2D eigenvalue weighted by molar-refractivity contribution is -0.681. The number of rotatable bonds is 4. The number of nitrogens with one attached hydrogen (secondary N) is 1. The van der Waals surface area contributed by atoms with Gasteiger partial charge in [0.2, 0.25) is 11.6 Å². The summed E-state index contributed by atoms with van der Waals surface area (Å²) < 4.78 is 117. The molecule has 1 fully saturated rings. The van der Waals surface area contributed by atoms with Crippen molar-refractivity contribution in [2.45, 2.75) is 44.7 Å². The number of carbonyl (C=O) groups excluding carboxylic acids is 3. The van der Waals surface area contributed by atoms with Crippen LogP contribution in [0.1, 0.15) is 52.8 Å². The zero-order chi connectivity index (χ0) is 36.1. The molecule has 196 valence electrons. The summed E-state index contributed by atoms with van der Waals surface area (Å²) in [5.74, 6) is -6.35. The molecule has 4 rings (SSSR count). The summed E-state index contributed by atoms with van der Waals surface area (Å²) in [5.41, 5.74) is -7.11. The number of amides is 3. The Kier molecular flexibility index (Phi) is 4.30. The number of piperidine rings is 1. The number of halogens is 3. The first kappa shape index (κ1) is 16.3. The minimum Gasteiger partial charge on any atom is -0.530 e. The fourth-order valence-corrected chi connectivity index (χ4v) is 4.03. The molecule has 3 amide bonds. The van der Waals surface area contributed by atoms with Crippen LogP contribution < -0.4 is 10.4 Å². The van der Waals surface area contributed by atoms with Crippen molar-refractivity contribution >= 4 is 40.9 Å². The average Bonchev–Trinajstić information content (AvgIpc) is 3.21. The molecule has 0 aromatic heterocycles. The van der Waals surface area contributed by atoms with E-state index in [2.05, 4.69) is 0 Å². The van der Waals surface area contributed by atoms with Crippen LogP contribution in [0.5, 0.6) is 0 Å². The highest BCUT2D eigenvalue weighted by Gasteiger charge is 2.63. The van der Waals surface area contributed by atoms with Gasteiger partial charge in [0.25, 0.3) is 5.71 Å². The molecule has 2 aromatic carbocycles. The van der Waals surface area contributed by atoms with Gasteiger partial charge in [-0.15, -0.1) is 0 Å². The second-order valence-corrected chi connectivity index (χ2v) is 9.38. The molecule has 2 aliphatic rings. The fourth-order valence-electron chi connectivity index (χ4n) is 3.90. The number of anilines is 1. The van der Waals surface area contributed by atoms with Crippen LogP contribution in [0.3, 0.4) is 0 Å². The zero-order valence-corrected chi connectivity index (χ0v) is 20.4. The maximum atomic E-state index is 14.6. The first-order valence-electron chi connectivity index (χ1n) is 15.7. The van der Waals surface area contributed by atoms with Gasteiger partial charge in [-0.05, 0) is 57.2 Å². The summed E-state index contributed by atoms with van der Waals surface area (Å²) in [5, 5.41) is 14.2. The lowest BCUT2D eigenvalue weighted by Crippen LogP contribution is -2.64. The molecule has 1 spiro atoms. The van der Waals surface area contributed by atoms with Crippen molar-refractivity contribution in [1.29, 1.82) is 0 Å². The van der Waals surface area contributed by atoms with Crippen LogP contribution in [0, 0.1) is 11.6 Å². The normalized spacial score (nSPS) is 27.4. The maximum Gasteiger partial charge on any atom is 0.324 e. The van der Waals surface area contributed by atoms with E-state index < -0.39 is 89.3 Å². The van der Waals surface area contributed by atoms with Crippen LogP contribution >= 0.6 is 11.6 Å². The van der Waals surface area contributed by atoms with Crippen LogP contribution in [0.4, 0.5) is 19.3 Å². The number of likely N-dealkylation sites (tertiary alicyclic amines) is 1. The zero-order valence-electron chi connectivity index (χ0n) is 29.6. The van der Waals surface area contributed by atoms with Gasteiger partial charge in [0.15, 0.2) is 17.2 Å². The van der Waals surface area contributed by atoms with E-state index in [-0.39, 0.29) is 15.5 Å². The van der Waals surface area contributed by atoms with Crippen molar-refractivity contribution in [1.82, 2.24) is 9.80 Å². The fraction of sp³-hybridized carbons (Fsp3) is 0.385. The molecule has 0 bridgehead atoms. The summed E-state index contributed by atoms with van der Waals surface area (Å²) in [6.07, 6.45) is -11.0. The van der Waals surface area contributed by atoms with E-state index in [0.29, 0.717) is 16.7 Å². The molecule has 1 saturated heterocycles. The monoisotopic (exact) mass is 542 g/mol. The number of carbonyl (C=O) groups is 3. The van der Waals surface area contributed by atoms with E-state index in [0.717, 1.165) is 6.07 Å². The SMILES string of the molecule is [2H]C([2H])(C(=O)Nc1ccc(F)c(F)c1)N1C(=O)C(c2ccc(Cl)cc2)=[N+](C(C)(C)C)C12C([2H])([2H])C([2H])([2H])N(C(=O)[O-])C([2H])([2H])C2([2H])[2H]. The van der Waals surface area contributed by atoms with Gasteiger partial charge in [0.1, 0.15) is 12.6 Å². The van der Waals surface area contributed by atoms with E-state index in [1.807, 2.05) is 5.32 Å². The minimum absolute atomic E-state index is 0.135. The summed E-state index contributed by atoms with van der Waals surface area (Å²) in [6, 6.07) is 6.77. The summed E-state index contributed by atoms with van der Waals surface area (Å²) >= 11 is 6.01. The molecule has 2 aliphatic heterocycles. The largest absolute Gasteiger partial charge is 0.530 e. The Morgan fingerprint density at radius 3 is 2.32 bits per heavy atom. The lowest BCUT2D eigenvalue weighted by atomic mass is 9.91. The lowest BCUT2D eigenvalue weighted by Gasteiger charge is -2.44. The second-order valence-electron chi connectivity index (χ2n) is 8.94. The number of carboxylic acid groups (broad SMARTS) is 1. The summed E-state index contributed by atoms with van der Waals surface area (Å²) in [4.78, 5) is 39.3. The Hall–Kier alpha value is -3.53. The maximum absolute atomic E-state index is 14.6. The second kappa shape index (κ2) is 9.74. The Balaban J connectivity index is 2.20. The van der Waals surface area contributed by atoms with Crippen LogP contribution in [0.2, 0.25) is 5.02 Å². The Bertz CT molecular complexity index is 1690. The molecule has 0 unspecified atom stereocenters. The van der Waals surface area contributed by atoms with E-state index in [9.17, 15) is 28.3 Å². The molecule has 37 heavy (non-hydrogen) atoms. The van der Waals surface area contributed by atoms with Crippen molar-refractivity contribution in [3.8, 4) is 0 Å². The average molecular weight is 543 g/mol. The van der Waals surface area contributed by atoms with Crippen molar-refractivity contribution in [3.63, 3.8) is 0 Å². The molecule has 0 atom stereocenters. The highest BCUT2D eigenvalue weighted by Crippen LogP contribution is 2.40. The topological polar surface area (TPSA) is 95.8 Å². The molecule has 0 saturated carbocycles. The van der Waals surface area contributed by atoms with Gasteiger partial charge < -0.3 is 20.1 Å². The Labute approximate surface area is 232 Å². The molecular weight excluding hydrogens is 506 g/mol. The quantitative estimate of drug-likeness (QED) is 0.601. The molecule has 8 nitrogen and oxygen atoms in total. The standard InChI is InChI=1S/C26H27ClF2N4O4/c1-25(2,3)33-22(16-4-6-17(27)7-5-16)23(35)32(26(33)10-12-31(13-11-26)24(36)37)15-21(34)30-18-8-9-19(28)20(29)14-18/h4-9,14H,10-13,15H2,1-3H3,(H-,30,34,36,37)/i10D2,11D2,12D2,13D2,15D2. The number of hydrogen-bond donors (Lipinski definition) is 1. The number of nitrogens with zero attached hydrogens (tertiary/aromatic N) is 3. The van der Waals surface area contributed by atoms with Crippen LogP contribution in [-0.2, 0) is 9.59 Å². The molecule has 2 heterocycles. The van der Waals surface area contributed by atoms with Gasteiger partial charge >= 0.3 is 5.91 Å². The number of hydrogen-bond acceptors (Lipinski definition) is 4. The van der Waals surface area contributed by atoms with Crippen molar-refractivity contribution in [2.24, 2.45) is 0 Å². The molecule has 0 aliphatic carbocycles. The number of benzene rings is 2. The third-order valence-corrected chi connectivity index (χ3v) is 5.57. The van der Waals surface area contributed by atoms with Gasteiger partial charge in [0, 0.05) is 40.7 Å². The van der Waals surface area contributed by atoms with E-state index in [1.165, 1.54) is 45.0 Å². The van der Waals surface area contributed by atoms with Gasteiger partial charge in [0.05, 0.1) is 21.1 Å². The van der Waals surface area contributed by atoms with Crippen molar-refractivity contribution in [2.75, 3.05) is 24.8 Å². The van der Waals surface area contributed by atoms with Gasteiger partial charge in [-0.25, -0.2) is 8.78 Å². The highest BCUT2D eigenvalue weighted by atomic mass is 35.5. The van der Waals surface area contributed by atoms with E-state index >= 15 is 0 Å². The van der Waals surface area contributed by atoms with Crippen molar-refractivity contribution < 1.29 is 46.6 Å². The predicted molar refractivity (Wildman–Crippen MR) is 131 cm³/mol. The van der Waals surface area contributed by atoms with E-state index in [4.69, 9.17) is 25.3 Å². The Morgan fingerprint density at radius 1 is 1.16 bits per heavy atom. The van der Waals surface area contributed by atoms with Crippen molar-refractivity contribution in [3.05, 3.63) is 64.7 Å². The molecule has 0 radical (unpaired) electrons. The minimum atomic E-state index is -4.15. The third-order valence-electron chi connectivity index (χ3n) is 5.32. The first-order valence-corrected chi connectivity index (χ1v) is 11.1. The third kappa shape index (κ3) is 5.02. The predicted octanol–water partition coefficient (Wildman–Crippen LogP) is 2.83. The highest BCUT2D eigenvalue weighted by molar-refractivity contribution is 6.44. The molecule has 2 aromatic rings. The van der Waals surface area contributed by atoms with Crippen LogP contribution in [-0.4, -0.2) is 68.7 Å². The molecular formula is C26H27ClF2N4O4.